The largest absolute Gasteiger partial charge is 0.497 e. The van der Waals surface area contributed by atoms with Crippen LogP contribution in [0.25, 0.3) is 0 Å². The van der Waals surface area contributed by atoms with Gasteiger partial charge in [-0.15, -0.1) is 0 Å². The number of hydrogen-bond acceptors (Lipinski definition) is 6. The molecule has 0 saturated heterocycles. The number of methoxy groups -OCH3 is 2. The van der Waals surface area contributed by atoms with Crippen LogP contribution in [-0.4, -0.2) is 39.6 Å². The smallest absolute Gasteiger partial charge is 0.277 e. The maximum absolute atomic E-state index is 11.9. The van der Waals surface area contributed by atoms with Crippen molar-refractivity contribution in [2.45, 2.75) is 6.92 Å². The fourth-order valence-corrected chi connectivity index (χ4v) is 2.12. The Bertz CT molecular complexity index is 761. The van der Waals surface area contributed by atoms with E-state index in [0.717, 1.165) is 0 Å². The van der Waals surface area contributed by atoms with Crippen LogP contribution in [0.1, 0.15) is 12.5 Å². The van der Waals surface area contributed by atoms with Crippen LogP contribution in [0.5, 0.6) is 23.0 Å². The zero-order chi connectivity index (χ0) is 18.8. The summed E-state index contributed by atoms with van der Waals surface area (Å²) in [6.45, 7) is 2.22. The molecular weight excluding hydrogens is 336 g/mol. The molecule has 0 radical (unpaired) electrons. The molecule has 1 amide bonds. The molecular formula is C19H22N2O5. The second-order valence-corrected chi connectivity index (χ2v) is 5.07. The van der Waals surface area contributed by atoms with Crippen LogP contribution in [0.2, 0.25) is 0 Å². The molecule has 1 N–H and O–H groups in total. The molecule has 0 spiro atoms. The van der Waals surface area contributed by atoms with Crippen LogP contribution in [0.4, 0.5) is 0 Å². The quantitative estimate of drug-likeness (QED) is 0.551. The van der Waals surface area contributed by atoms with Gasteiger partial charge in [0.2, 0.25) is 0 Å². The van der Waals surface area contributed by atoms with Gasteiger partial charge in [-0.2, -0.15) is 5.10 Å². The Balaban J connectivity index is 1.90. The first-order valence-corrected chi connectivity index (χ1v) is 8.06. The van der Waals surface area contributed by atoms with Crippen molar-refractivity contribution in [2.24, 2.45) is 5.10 Å². The van der Waals surface area contributed by atoms with E-state index in [0.29, 0.717) is 35.2 Å². The lowest BCUT2D eigenvalue weighted by molar-refractivity contribution is -0.123. The van der Waals surface area contributed by atoms with E-state index in [9.17, 15) is 4.79 Å². The number of ether oxygens (including phenoxy) is 4. The number of rotatable bonds is 9. The van der Waals surface area contributed by atoms with Crippen molar-refractivity contribution in [3.63, 3.8) is 0 Å². The van der Waals surface area contributed by atoms with Crippen molar-refractivity contribution in [3.8, 4) is 23.0 Å². The van der Waals surface area contributed by atoms with Gasteiger partial charge in [-0.1, -0.05) is 12.1 Å². The van der Waals surface area contributed by atoms with Crippen molar-refractivity contribution in [1.29, 1.82) is 0 Å². The van der Waals surface area contributed by atoms with Crippen LogP contribution < -0.4 is 24.4 Å². The van der Waals surface area contributed by atoms with E-state index in [1.54, 1.807) is 44.6 Å². The molecule has 0 atom stereocenters. The molecule has 0 saturated carbocycles. The van der Waals surface area contributed by atoms with Gasteiger partial charge in [-0.05, 0) is 31.2 Å². The number of hydrogen-bond donors (Lipinski definition) is 1. The summed E-state index contributed by atoms with van der Waals surface area (Å²) >= 11 is 0. The molecule has 0 fully saturated rings. The molecule has 2 aromatic carbocycles. The van der Waals surface area contributed by atoms with E-state index in [4.69, 9.17) is 18.9 Å². The summed E-state index contributed by atoms with van der Waals surface area (Å²) in [5, 5.41) is 3.92. The van der Waals surface area contributed by atoms with Crippen molar-refractivity contribution < 1.29 is 23.7 Å². The lowest BCUT2D eigenvalue weighted by Gasteiger charge is -2.10. The molecule has 0 unspecified atom stereocenters. The summed E-state index contributed by atoms with van der Waals surface area (Å²) in [4.78, 5) is 11.9. The Morgan fingerprint density at radius 3 is 2.42 bits per heavy atom. The van der Waals surface area contributed by atoms with Gasteiger partial charge in [0, 0.05) is 11.6 Å². The number of para-hydroxylation sites is 2. The standard InChI is InChI=1S/C19H22N2O5/c1-4-25-16-7-5-6-8-17(16)26-13-19(22)21-20-12-14-9-10-15(23-2)11-18(14)24-3/h5-12H,4,13H2,1-3H3,(H,21,22). The van der Waals surface area contributed by atoms with Gasteiger partial charge in [0.1, 0.15) is 11.5 Å². The van der Waals surface area contributed by atoms with Gasteiger partial charge in [0.25, 0.3) is 5.91 Å². The highest BCUT2D eigenvalue weighted by molar-refractivity contribution is 5.85. The normalized spacial score (nSPS) is 10.4. The molecule has 7 nitrogen and oxygen atoms in total. The maximum Gasteiger partial charge on any atom is 0.277 e. The third-order valence-corrected chi connectivity index (χ3v) is 3.34. The van der Waals surface area contributed by atoms with Crippen LogP contribution >= 0.6 is 0 Å². The number of benzene rings is 2. The molecule has 0 aliphatic rings. The Labute approximate surface area is 152 Å². The fraction of sp³-hybridized carbons (Fsp3) is 0.263. The third-order valence-electron chi connectivity index (χ3n) is 3.34. The van der Waals surface area contributed by atoms with Gasteiger partial charge < -0.3 is 18.9 Å². The lowest BCUT2D eigenvalue weighted by atomic mass is 10.2. The second-order valence-electron chi connectivity index (χ2n) is 5.07. The van der Waals surface area contributed by atoms with Crippen LogP contribution in [0.15, 0.2) is 47.6 Å². The summed E-state index contributed by atoms with van der Waals surface area (Å²) < 4.78 is 21.3. The van der Waals surface area contributed by atoms with Crippen molar-refractivity contribution in [2.75, 3.05) is 27.4 Å². The molecule has 0 aliphatic heterocycles. The summed E-state index contributed by atoms with van der Waals surface area (Å²) in [6, 6.07) is 12.5. The highest BCUT2D eigenvalue weighted by atomic mass is 16.5. The minimum Gasteiger partial charge on any atom is -0.497 e. The number of nitrogens with one attached hydrogen (secondary N) is 1. The van der Waals surface area contributed by atoms with Gasteiger partial charge >= 0.3 is 0 Å². The Morgan fingerprint density at radius 1 is 1.04 bits per heavy atom. The first kappa shape index (κ1) is 19.1. The topological polar surface area (TPSA) is 78.4 Å². The second kappa shape index (κ2) is 9.93. The Morgan fingerprint density at radius 2 is 1.77 bits per heavy atom. The van der Waals surface area contributed by atoms with Gasteiger partial charge in [-0.3, -0.25) is 4.79 Å². The summed E-state index contributed by atoms with van der Waals surface area (Å²) in [6.07, 6.45) is 1.49. The van der Waals surface area contributed by atoms with Crippen molar-refractivity contribution in [1.82, 2.24) is 5.43 Å². The first-order valence-electron chi connectivity index (χ1n) is 8.06. The minimum atomic E-state index is -0.389. The van der Waals surface area contributed by atoms with Gasteiger partial charge in [-0.25, -0.2) is 5.43 Å². The highest BCUT2D eigenvalue weighted by Gasteiger charge is 2.07. The average Bonchev–Trinajstić information content (AvgIpc) is 2.67. The van der Waals surface area contributed by atoms with Crippen LogP contribution in [-0.2, 0) is 4.79 Å². The van der Waals surface area contributed by atoms with Crippen molar-refractivity contribution >= 4 is 12.1 Å². The predicted molar refractivity (Wildman–Crippen MR) is 98.4 cm³/mol. The molecule has 0 aromatic heterocycles. The number of amides is 1. The Hall–Kier alpha value is -3.22. The van der Waals surface area contributed by atoms with Crippen LogP contribution in [0, 0.1) is 0 Å². The molecule has 2 rings (SSSR count). The van der Waals surface area contributed by atoms with E-state index in [2.05, 4.69) is 10.5 Å². The molecule has 0 aliphatic carbocycles. The predicted octanol–water partition coefficient (Wildman–Crippen LogP) is 2.63. The molecule has 138 valence electrons. The molecule has 0 bridgehead atoms. The van der Waals surface area contributed by atoms with E-state index in [-0.39, 0.29) is 12.5 Å². The maximum atomic E-state index is 11.9. The zero-order valence-electron chi connectivity index (χ0n) is 15.0. The monoisotopic (exact) mass is 358 g/mol. The molecule has 7 heteroatoms. The summed E-state index contributed by atoms with van der Waals surface area (Å²) in [7, 11) is 3.13. The summed E-state index contributed by atoms with van der Waals surface area (Å²) in [5.41, 5.74) is 3.12. The van der Waals surface area contributed by atoms with Crippen LogP contribution in [0.3, 0.4) is 0 Å². The molecule has 26 heavy (non-hydrogen) atoms. The molecule has 0 heterocycles. The number of nitrogens with zero attached hydrogens (tertiary/aromatic N) is 1. The van der Waals surface area contributed by atoms with Gasteiger partial charge in [0.05, 0.1) is 27.0 Å². The highest BCUT2D eigenvalue weighted by Crippen LogP contribution is 2.26. The third kappa shape index (κ3) is 5.41. The number of hydrazone groups is 1. The number of carbonyl (C=O) groups excluding carboxylic acids is 1. The number of carbonyl (C=O) groups is 1. The van der Waals surface area contributed by atoms with Crippen molar-refractivity contribution in [3.05, 3.63) is 48.0 Å². The SMILES string of the molecule is CCOc1ccccc1OCC(=O)NN=Cc1ccc(OC)cc1OC. The van der Waals surface area contributed by atoms with E-state index in [1.165, 1.54) is 6.21 Å². The zero-order valence-corrected chi connectivity index (χ0v) is 15.0. The van der Waals surface area contributed by atoms with E-state index < -0.39 is 0 Å². The Kier molecular flexibility index (Phi) is 7.30. The fourth-order valence-electron chi connectivity index (χ4n) is 2.12. The molecule has 2 aromatic rings. The minimum absolute atomic E-state index is 0.179. The average molecular weight is 358 g/mol. The lowest BCUT2D eigenvalue weighted by Crippen LogP contribution is -2.24. The first-order chi connectivity index (χ1) is 12.7. The summed E-state index contributed by atoms with van der Waals surface area (Å²) in [5.74, 6) is 1.97. The van der Waals surface area contributed by atoms with Gasteiger partial charge in [0.15, 0.2) is 18.1 Å². The van der Waals surface area contributed by atoms with E-state index in [1.807, 2.05) is 19.1 Å². The van der Waals surface area contributed by atoms with E-state index >= 15 is 0 Å².